The highest BCUT2D eigenvalue weighted by Gasteiger charge is 2.09. The van der Waals surface area contributed by atoms with Crippen LogP contribution in [0.25, 0.3) is 0 Å². The number of carbonyl (C=O) groups excluding carboxylic acids is 2. The maximum absolute atomic E-state index is 11.9. The van der Waals surface area contributed by atoms with Gasteiger partial charge in [-0.2, -0.15) is 5.10 Å². The molecular weight excluding hydrogens is 386 g/mol. The van der Waals surface area contributed by atoms with E-state index in [2.05, 4.69) is 31.8 Å². The zero-order chi connectivity index (χ0) is 18.4. The van der Waals surface area contributed by atoms with Crippen molar-refractivity contribution in [1.82, 2.24) is 5.43 Å². The van der Waals surface area contributed by atoms with Crippen molar-refractivity contribution >= 4 is 39.6 Å². The third kappa shape index (κ3) is 5.72. The van der Waals surface area contributed by atoms with Crippen LogP contribution in [0.5, 0.6) is 5.75 Å². The van der Waals surface area contributed by atoms with Crippen molar-refractivity contribution in [1.29, 1.82) is 0 Å². The van der Waals surface area contributed by atoms with Gasteiger partial charge < -0.3 is 10.4 Å². The largest absolute Gasteiger partial charge is 0.507 e. The molecule has 0 spiro atoms. The Labute approximate surface area is 154 Å². The van der Waals surface area contributed by atoms with Crippen LogP contribution in [-0.4, -0.2) is 23.1 Å². The summed E-state index contributed by atoms with van der Waals surface area (Å²) in [5.74, 6) is -0.943. The molecular formula is C18H18BrN3O3. The molecule has 0 fully saturated rings. The Kier molecular flexibility index (Phi) is 6.30. The first-order valence-corrected chi connectivity index (χ1v) is 8.32. The number of phenolic OH excluding ortho intramolecular Hbond substituents is 1. The quantitative estimate of drug-likeness (QED) is 0.406. The van der Waals surface area contributed by atoms with E-state index in [0.29, 0.717) is 11.3 Å². The van der Waals surface area contributed by atoms with Gasteiger partial charge in [0.25, 0.3) is 0 Å². The molecule has 130 valence electrons. The third-order valence-electron chi connectivity index (χ3n) is 3.49. The molecule has 0 unspecified atom stereocenters. The minimum absolute atomic E-state index is 0.0358. The summed E-state index contributed by atoms with van der Waals surface area (Å²) in [7, 11) is 0. The number of hydrazone groups is 1. The van der Waals surface area contributed by atoms with E-state index in [0.717, 1.165) is 15.6 Å². The van der Waals surface area contributed by atoms with E-state index in [9.17, 15) is 14.7 Å². The minimum Gasteiger partial charge on any atom is -0.507 e. The average molecular weight is 404 g/mol. The van der Waals surface area contributed by atoms with Crippen LogP contribution in [0.1, 0.15) is 23.1 Å². The van der Waals surface area contributed by atoms with Crippen molar-refractivity contribution in [3.8, 4) is 5.75 Å². The molecule has 7 heteroatoms. The monoisotopic (exact) mass is 403 g/mol. The standard InChI is InChI=1S/C18H18BrN3O3/c1-11-3-5-15(7-12(11)2)21-17(24)9-18(25)22-20-10-13-8-14(19)4-6-16(13)23/h3-8,10,23H,9H2,1-2H3,(H,21,24)(H,22,25). The van der Waals surface area contributed by atoms with Crippen molar-refractivity contribution in [2.75, 3.05) is 5.32 Å². The first kappa shape index (κ1) is 18.7. The fourth-order valence-corrected chi connectivity index (χ4v) is 2.39. The molecule has 3 N–H and O–H groups in total. The van der Waals surface area contributed by atoms with Crippen molar-refractivity contribution < 1.29 is 14.7 Å². The lowest BCUT2D eigenvalue weighted by atomic mass is 10.1. The zero-order valence-corrected chi connectivity index (χ0v) is 15.4. The Morgan fingerprint density at radius 2 is 1.88 bits per heavy atom. The number of amides is 2. The highest BCUT2D eigenvalue weighted by molar-refractivity contribution is 9.10. The van der Waals surface area contributed by atoms with Gasteiger partial charge in [0.05, 0.1) is 6.21 Å². The van der Waals surface area contributed by atoms with Gasteiger partial charge in [-0.05, 0) is 55.3 Å². The lowest BCUT2D eigenvalue weighted by Gasteiger charge is -2.07. The second-order valence-electron chi connectivity index (χ2n) is 5.52. The number of rotatable bonds is 5. The smallest absolute Gasteiger partial charge is 0.249 e. The van der Waals surface area contributed by atoms with Crippen molar-refractivity contribution in [2.45, 2.75) is 20.3 Å². The maximum atomic E-state index is 11.9. The van der Waals surface area contributed by atoms with Crippen LogP contribution in [0.4, 0.5) is 5.69 Å². The topological polar surface area (TPSA) is 90.8 Å². The molecule has 0 saturated carbocycles. The molecule has 0 aliphatic rings. The minimum atomic E-state index is -0.549. The molecule has 0 bridgehead atoms. The molecule has 2 rings (SSSR count). The van der Waals surface area contributed by atoms with Gasteiger partial charge in [0, 0.05) is 15.7 Å². The van der Waals surface area contributed by atoms with E-state index >= 15 is 0 Å². The summed E-state index contributed by atoms with van der Waals surface area (Å²) in [5, 5.41) is 16.1. The van der Waals surface area contributed by atoms with E-state index in [4.69, 9.17) is 0 Å². The summed E-state index contributed by atoms with van der Waals surface area (Å²) in [5.41, 5.74) is 5.52. The van der Waals surface area contributed by atoms with Crippen molar-refractivity contribution in [3.63, 3.8) is 0 Å². The molecule has 6 nitrogen and oxygen atoms in total. The van der Waals surface area contributed by atoms with E-state index in [-0.39, 0.29) is 12.2 Å². The van der Waals surface area contributed by atoms with Crippen LogP contribution in [0.3, 0.4) is 0 Å². The van der Waals surface area contributed by atoms with Gasteiger partial charge in [-0.3, -0.25) is 9.59 Å². The van der Waals surface area contributed by atoms with Crippen LogP contribution in [0.2, 0.25) is 0 Å². The number of aromatic hydroxyl groups is 1. The molecule has 0 saturated heterocycles. The Balaban J connectivity index is 1.87. The Morgan fingerprint density at radius 3 is 2.60 bits per heavy atom. The van der Waals surface area contributed by atoms with Gasteiger partial charge in [0.1, 0.15) is 12.2 Å². The predicted octanol–water partition coefficient (Wildman–Crippen LogP) is 3.25. The van der Waals surface area contributed by atoms with E-state index in [1.165, 1.54) is 12.3 Å². The average Bonchev–Trinajstić information content (AvgIpc) is 2.54. The molecule has 2 aromatic rings. The van der Waals surface area contributed by atoms with Crippen LogP contribution in [0.15, 0.2) is 46.0 Å². The Bertz CT molecular complexity index is 834. The SMILES string of the molecule is Cc1ccc(NC(=O)CC(=O)NN=Cc2cc(Br)ccc2O)cc1C. The summed E-state index contributed by atoms with van der Waals surface area (Å²) in [6, 6.07) is 10.4. The lowest BCUT2D eigenvalue weighted by molar-refractivity contribution is -0.126. The van der Waals surface area contributed by atoms with E-state index in [1.54, 1.807) is 18.2 Å². The van der Waals surface area contributed by atoms with Crippen LogP contribution in [0, 0.1) is 13.8 Å². The molecule has 0 aliphatic heterocycles. The van der Waals surface area contributed by atoms with Gasteiger partial charge in [0.2, 0.25) is 11.8 Å². The van der Waals surface area contributed by atoms with E-state index < -0.39 is 11.8 Å². The lowest BCUT2D eigenvalue weighted by Crippen LogP contribution is -2.24. The number of aryl methyl sites for hydroxylation is 2. The number of phenols is 1. The molecule has 0 aromatic heterocycles. The van der Waals surface area contributed by atoms with Crippen LogP contribution >= 0.6 is 15.9 Å². The number of hydrogen-bond donors (Lipinski definition) is 3. The van der Waals surface area contributed by atoms with Gasteiger partial charge in [-0.15, -0.1) is 0 Å². The molecule has 0 aliphatic carbocycles. The number of nitrogens with zero attached hydrogens (tertiary/aromatic N) is 1. The van der Waals surface area contributed by atoms with Crippen molar-refractivity contribution in [2.24, 2.45) is 5.10 Å². The summed E-state index contributed by atoms with van der Waals surface area (Å²) < 4.78 is 0.769. The van der Waals surface area contributed by atoms with Crippen LogP contribution in [-0.2, 0) is 9.59 Å². The second-order valence-corrected chi connectivity index (χ2v) is 6.44. The normalized spacial score (nSPS) is 10.7. The summed E-state index contributed by atoms with van der Waals surface area (Å²) >= 11 is 3.28. The first-order chi connectivity index (χ1) is 11.8. The van der Waals surface area contributed by atoms with Crippen molar-refractivity contribution in [3.05, 3.63) is 57.6 Å². The van der Waals surface area contributed by atoms with Gasteiger partial charge in [-0.25, -0.2) is 5.43 Å². The summed E-state index contributed by atoms with van der Waals surface area (Å²) in [6.45, 7) is 3.93. The molecule has 0 atom stereocenters. The molecule has 0 radical (unpaired) electrons. The number of benzene rings is 2. The predicted molar refractivity (Wildman–Crippen MR) is 101 cm³/mol. The molecule has 2 amide bonds. The number of nitrogens with one attached hydrogen (secondary N) is 2. The third-order valence-corrected chi connectivity index (χ3v) is 3.99. The maximum Gasteiger partial charge on any atom is 0.249 e. The van der Waals surface area contributed by atoms with Gasteiger partial charge >= 0.3 is 0 Å². The van der Waals surface area contributed by atoms with E-state index in [1.807, 2.05) is 26.0 Å². The Morgan fingerprint density at radius 1 is 1.12 bits per heavy atom. The number of halogens is 1. The summed E-state index contributed by atoms with van der Waals surface area (Å²) in [4.78, 5) is 23.6. The fourth-order valence-electron chi connectivity index (χ4n) is 2.01. The number of carbonyl (C=O) groups is 2. The zero-order valence-electron chi connectivity index (χ0n) is 13.8. The van der Waals surface area contributed by atoms with Gasteiger partial charge in [0.15, 0.2) is 0 Å². The molecule has 2 aromatic carbocycles. The molecule has 0 heterocycles. The van der Waals surface area contributed by atoms with Crippen LogP contribution < -0.4 is 10.7 Å². The highest BCUT2D eigenvalue weighted by Crippen LogP contribution is 2.20. The fraction of sp³-hybridized carbons (Fsp3) is 0.167. The number of hydrogen-bond acceptors (Lipinski definition) is 4. The number of anilines is 1. The second kappa shape index (κ2) is 8.43. The summed E-state index contributed by atoms with van der Waals surface area (Å²) in [6.07, 6.45) is 0.952. The molecule has 25 heavy (non-hydrogen) atoms. The highest BCUT2D eigenvalue weighted by atomic mass is 79.9. The first-order valence-electron chi connectivity index (χ1n) is 7.52. The van der Waals surface area contributed by atoms with Gasteiger partial charge in [-0.1, -0.05) is 22.0 Å². The Hall–Kier alpha value is -2.67.